The first-order valence-electron chi connectivity index (χ1n) is 11.3. The molecule has 1 fully saturated rings. The Morgan fingerprint density at radius 1 is 1.16 bits per heavy atom. The van der Waals surface area contributed by atoms with Crippen LogP contribution in [-0.4, -0.2) is 59.3 Å². The van der Waals surface area contributed by atoms with Crippen molar-refractivity contribution in [2.45, 2.75) is 68.5 Å². The molecule has 0 atom stereocenters. The summed E-state index contributed by atoms with van der Waals surface area (Å²) in [6, 6.07) is 7.20. The van der Waals surface area contributed by atoms with Crippen LogP contribution in [0.3, 0.4) is 0 Å². The minimum atomic E-state index is -3.58. The molecule has 1 aliphatic rings. The molecule has 1 heterocycles. The number of carbonyl (C=O) groups excluding carboxylic acids is 1. The van der Waals surface area contributed by atoms with Gasteiger partial charge in [0.2, 0.25) is 15.9 Å². The Hall–Kier alpha value is -1.91. The molecule has 0 bridgehead atoms. The topological polar surface area (TPSA) is 97.2 Å². The number of rotatable bonds is 9. The van der Waals surface area contributed by atoms with Crippen LogP contribution in [-0.2, 0) is 14.8 Å². The first kappa shape index (κ1) is 24.7. The van der Waals surface area contributed by atoms with E-state index in [-0.39, 0.29) is 22.6 Å². The number of carbonyl (C=O) groups is 1. The highest BCUT2D eigenvalue weighted by atomic mass is 32.2. The number of hydrogen-bond donors (Lipinski definition) is 1. The average molecular weight is 480 g/mol. The molecule has 10 heteroatoms. The summed E-state index contributed by atoms with van der Waals surface area (Å²) in [5, 5.41) is 12.2. The van der Waals surface area contributed by atoms with E-state index in [1.54, 1.807) is 25.2 Å². The Morgan fingerprint density at radius 2 is 1.84 bits per heavy atom. The molecule has 1 amide bonds. The second kappa shape index (κ2) is 11.3. The summed E-state index contributed by atoms with van der Waals surface area (Å²) in [5.41, 5.74) is 0.724. The van der Waals surface area contributed by atoms with Crippen molar-refractivity contribution in [3.8, 4) is 11.4 Å². The normalized spacial score (nSPS) is 15.6. The molecule has 0 unspecified atom stereocenters. The van der Waals surface area contributed by atoms with Crippen molar-refractivity contribution in [3.05, 3.63) is 24.3 Å². The first-order chi connectivity index (χ1) is 15.4. The lowest BCUT2D eigenvalue weighted by atomic mass is 10.1. The SMILES string of the molecule is CCN(CC)S(=O)(=O)c1cccc(-c2nnc(SCC(=O)NC)n2C2CCCCCC2)c1. The molecule has 2 aromatic rings. The zero-order valence-corrected chi connectivity index (χ0v) is 20.7. The fraction of sp³-hybridized carbons (Fsp3) is 0.591. The van der Waals surface area contributed by atoms with Gasteiger partial charge in [-0.2, -0.15) is 4.31 Å². The first-order valence-corrected chi connectivity index (χ1v) is 13.7. The molecule has 32 heavy (non-hydrogen) atoms. The van der Waals surface area contributed by atoms with Crippen molar-refractivity contribution in [1.29, 1.82) is 0 Å². The minimum Gasteiger partial charge on any atom is -0.358 e. The zero-order valence-electron chi connectivity index (χ0n) is 19.1. The summed E-state index contributed by atoms with van der Waals surface area (Å²) < 4.78 is 29.7. The van der Waals surface area contributed by atoms with Crippen LogP contribution in [0.5, 0.6) is 0 Å². The number of sulfonamides is 1. The second-order valence-corrected chi connectivity index (χ2v) is 10.8. The molecule has 1 aliphatic carbocycles. The fourth-order valence-corrected chi connectivity index (χ4v) is 6.51. The van der Waals surface area contributed by atoms with Crippen molar-refractivity contribution in [1.82, 2.24) is 24.4 Å². The summed E-state index contributed by atoms with van der Waals surface area (Å²) >= 11 is 1.37. The highest BCUT2D eigenvalue weighted by Crippen LogP contribution is 2.35. The number of aromatic nitrogens is 3. The van der Waals surface area contributed by atoms with E-state index in [2.05, 4.69) is 20.1 Å². The van der Waals surface area contributed by atoms with Gasteiger partial charge < -0.3 is 5.32 Å². The molecule has 1 aromatic carbocycles. The molecule has 0 saturated heterocycles. The molecule has 0 aliphatic heterocycles. The van der Waals surface area contributed by atoms with Crippen molar-refractivity contribution in [2.75, 3.05) is 25.9 Å². The third kappa shape index (κ3) is 5.52. The van der Waals surface area contributed by atoms with Crippen LogP contribution in [0.2, 0.25) is 0 Å². The van der Waals surface area contributed by atoms with E-state index >= 15 is 0 Å². The van der Waals surface area contributed by atoms with Crippen molar-refractivity contribution in [2.24, 2.45) is 0 Å². The molecule has 1 saturated carbocycles. The predicted molar refractivity (Wildman–Crippen MR) is 127 cm³/mol. The largest absolute Gasteiger partial charge is 0.358 e. The summed E-state index contributed by atoms with van der Waals surface area (Å²) in [6.07, 6.45) is 6.75. The molecule has 1 aromatic heterocycles. The van der Waals surface area contributed by atoms with Crippen molar-refractivity contribution in [3.63, 3.8) is 0 Å². The Morgan fingerprint density at radius 3 is 2.47 bits per heavy atom. The standard InChI is InChI=1S/C22H33N5O3S2/c1-4-26(5-2)32(29,30)19-14-10-11-17(15-19)21-24-25-22(31-16-20(28)23-3)27(21)18-12-8-6-7-9-13-18/h10-11,14-15,18H,4-9,12-13,16H2,1-3H3,(H,23,28). The van der Waals surface area contributed by atoms with Gasteiger partial charge in [0.25, 0.3) is 0 Å². The van der Waals surface area contributed by atoms with E-state index in [1.165, 1.54) is 28.9 Å². The van der Waals surface area contributed by atoms with Crippen LogP contribution in [0, 0.1) is 0 Å². The fourth-order valence-electron chi connectivity index (χ4n) is 4.13. The lowest BCUT2D eigenvalue weighted by Gasteiger charge is -2.21. The van der Waals surface area contributed by atoms with Gasteiger partial charge in [-0.1, -0.05) is 63.4 Å². The van der Waals surface area contributed by atoms with E-state index in [0.717, 1.165) is 31.2 Å². The zero-order chi connectivity index (χ0) is 23.1. The van der Waals surface area contributed by atoms with E-state index in [9.17, 15) is 13.2 Å². The van der Waals surface area contributed by atoms with Gasteiger partial charge in [-0.05, 0) is 25.0 Å². The molecule has 0 radical (unpaired) electrons. The average Bonchev–Trinajstić information content (AvgIpc) is 3.04. The Kier molecular flexibility index (Phi) is 8.72. The third-order valence-electron chi connectivity index (χ3n) is 5.90. The van der Waals surface area contributed by atoms with Crippen molar-refractivity contribution >= 4 is 27.7 Å². The molecule has 176 valence electrons. The Balaban J connectivity index is 2.03. The van der Waals surface area contributed by atoms with Gasteiger partial charge in [0, 0.05) is 31.7 Å². The maximum atomic E-state index is 13.1. The van der Waals surface area contributed by atoms with Gasteiger partial charge in [-0.15, -0.1) is 10.2 Å². The Labute approximate surface area is 195 Å². The number of nitrogens with zero attached hydrogens (tertiary/aromatic N) is 4. The van der Waals surface area contributed by atoms with Gasteiger partial charge in [-0.25, -0.2) is 8.42 Å². The van der Waals surface area contributed by atoms with E-state index in [1.807, 2.05) is 19.9 Å². The van der Waals surface area contributed by atoms with Gasteiger partial charge in [0.05, 0.1) is 10.6 Å². The van der Waals surface area contributed by atoms with E-state index in [0.29, 0.717) is 24.1 Å². The number of amides is 1. The van der Waals surface area contributed by atoms with Gasteiger partial charge >= 0.3 is 0 Å². The molecule has 1 N–H and O–H groups in total. The lowest BCUT2D eigenvalue weighted by molar-refractivity contribution is -0.118. The lowest BCUT2D eigenvalue weighted by Crippen LogP contribution is -2.30. The summed E-state index contributed by atoms with van der Waals surface area (Å²) in [4.78, 5) is 12.1. The summed E-state index contributed by atoms with van der Waals surface area (Å²) in [6.45, 7) is 4.51. The van der Waals surface area contributed by atoms with Crippen LogP contribution < -0.4 is 5.32 Å². The predicted octanol–water partition coefficient (Wildman–Crippen LogP) is 3.71. The third-order valence-corrected chi connectivity index (χ3v) is 8.89. The maximum absolute atomic E-state index is 13.1. The monoisotopic (exact) mass is 479 g/mol. The van der Waals surface area contributed by atoms with Crippen LogP contribution >= 0.6 is 11.8 Å². The van der Waals surface area contributed by atoms with Crippen LogP contribution in [0.1, 0.15) is 58.4 Å². The highest BCUT2D eigenvalue weighted by Gasteiger charge is 2.26. The number of thioether (sulfide) groups is 1. The van der Waals surface area contributed by atoms with Crippen LogP contribution in [0.25, 0.3) is 11.4 Å². The van der Waals surface area contributed by atoms with Gasteiger partial charge in [0.1, 0.15) is 0 Å². The number of hydrogen-bond acceptors (Lipinski definition) is 6. The quantitative estimate of drug-likeness (QED) is 0.435. The molecule has 0 spiro atoms. The van der Waals surface area contributed by atoms with Gasteiger partial charge in [-0.3, -0.25) is 9.36 Å². The van der Waals surface area contributed by atoms with E-state index in [4.69, 9.17) is 0 Å². The second-order valence-electron chi connectivity index (χ2n) is 7.90. The van der Waals surface area contributed by atoms with Crippen molar-refractivity contribution < 1.29 is 13.2 Å². The highest BCUT2D eigenvalue weighted by molar-refractivity contribution is 7.99. The maximum Gasteiger partial charge on any atom is 0.243 e. The Bertz CT molecular complexity index is 1010. The molecule has 8 nitrogen and oxygen atoms in total. The van der Waals surface area contributed by atoms with Crippen LogP contribution in [0.4, 0.5) is 0 Å². The minimum absolute atomic E-state index is 0.0701. The number of benzene rings is 1. The number of nitrogens with one attached hydrogen (secondary N) is 1. The van der Waals surface area contributed by atoms with Crippen LogP contribution in [0.15, 0.2) is 34.3 Å². The molecular formula is C22H33N5O3S2. The smallest absolute Gasteiger partial charge is 0.243 e. The summed E-state index contributed by atoms with van der Waals surface area (Å²) in [7, 11) is -1.96. The van der Waals surface area contributed by atoms with E-state index < -0.39 is 10.0 Å². The molecular weight excluding hydrogens is 446 g/mol. The summed E-state index contributed by atoms with van der Waals surface area (Å²) in [5.74, 6) is 0.852. The van der Waals surface area contributed by atoms with Gasteiger partial charge in [0.15, 0.2) is 11.0 Å². The molecule has 3 rings (SSSR count).